The van der Waals surface area contributed by atoms with Crippen LogP contribution in [-0.2, 0) is 27.5 Å². The van der Waals surface area contributed by atoms with Crippen molar-refractivity contribution in [1.29, 1.82) is 0 Å². The summed E-state index contributed by atoms with van der Waals surface area (Å²) >= 11 is 0. The number of alkyl halides is 3. The molecule has 9 heteroatoms. The van der Waals surface area contributed by atoms with Crippen LogP contribution in [0.4, 0.5) is 13.2 Å². The third-order valence-electron chi connectivity index (χ3n) is 3.42. The number of primary sulfonamides is 1. The lowest BCUT2D eigenvalue weighted by molar-refractivity contribution is -0.137. The number of benzene rings is 1. The summed E-state index contributed by atoms with van der Waals surface area (Å²) in [5.74, 6) is -0.882. The number of halogens is 3. The number of nitrogens with two attached hydrogens (primary N) is 1. The van der Waals surface area contributed by atoms with Crippen molar-refractivity contribution in [3.63, 3.8) is 0 Å². The second-order valence-corrected chi connectivity index (χ2v) is 7.03. The monoisotopic (exact) mass is 336 g/mol. The Balaban J connectivity index is 2.01. The minimum absolute atomic E-state index is 0.0804. The van der Waals surface area contributed by atoms with Gasteiger partial charge in [-0.25, -0.2) is 13.6 Å². The van der Waals surface area contributed by atoms with Crippen LogP contribution in [0.1, 0.15) is 17.5 Å². The molecule has 2 N–H and O–H groups in total. The molecule has 5 nitrogen and oxygen atoms in total. The number of hydrogen-bond acceptors (Lipinski definition) is 3. The molecule has 1 aromatic carbocycles. The molecule has 0 bridgehead atoms. The van der Waals surface area contributed by atoms with Gasteiger partial charge in [0.2, 0.25) is 15.9 Å². The van der Waals surface area contributed by atoms with Gasteiger partial charge in [-0.1, -0.05) is 12.1 Å². The maximum atomic E-state index is 12.5. The van der Waals surface area contributed by atoms with Crippen molar-refractivity contribution in [3.05, 3.63) is 35.4 Å². The number of carbonyl (C=O) groups excluding carboxylic acids is 1. The van der Waals surface area contributed by atoms with Crippen molar-refractivity contribution in [2.75, 3.05) is 12.3 Å². The van der Waals surface area contributed by atoms with Gasteiger partial charge in [-0.15, -0.1) is 0 Å². The van der Waals surface area contributed by atoms with Gasteiger partial charge in [0.25, 0.3) is 0 Å². The first-order chi connectivity index (χ1) is 10.0. The van der Waals surface area contributed by atoms with Crippen molar-refractivity contribution < 1.29 is 26.4 Å². The molecule has 0 spiro atoms. The Morgan fingerprint density at radius 3 is 2.32 bits per heavy atom. The second kappa shape index (κ2) is 5.88. The fraction of sp³-hybridized carbons (Fsp3) is 0.462. The van der Waals surface area contributed by atoms with Gasteiger partial charge in [0.1, 0.15) is 0 Å². The first-order valence-electron chi connectivity index (χ1n) is 6.49. The van der Waals surface area contributed by atoms with Gasteiger partial charge in [-0.05, 0) is 17.7 Å². The Bertz CT molecular complexity index is 656. The van der Waals surface area contributed by atoms with Crippen LogP contribution in [0.5, 0.6) is 0 Å². The molecular formula is C13H15F3N2O3S. The number of hydrogen-bond donors (Lipinski definition) is 1. The number of rotatable bonds is 4. The number of carbonyl (C=O) groups is 1. The van der Waals surface area contributed by atoms with Crippen molar-refractivity contribution in [2.24, 2.45) is 11.1 Å². The standard InChI is InChI=1S/C13H15F3N2O3S/c14-13(15,16)11-3-1-9(2-4-11)6-18-7-10(5-12(18)19)8-22(17,20)21/h1-4,10H,5-8H2,(H2,17,20,21). The predicted molar refractivity (Wildman–Crippen MR) is 72.9 cm³/mol. The minimum Gasteiger partial charge on any atom is -0.338 e. The van der Waals surface area contributed by atoms with Crippen LogP contribution in [0.25, 0.3) is 0 Å². The molecule has 1 amide bonds. The molecule has 1 aromatic rings. The van der Waals surface area contributed by atoms with Gasteiger partial charge in [-0.2, -0.15) is 13.2 Å². The fourth-order valence-corrected chi connectivity index (χ4v) is 3.35. The average molecular weight is 336 g/mol. The zero-order valence-corrected chi connectivity index (χ0v) is 12.3. The molecule has 0 aliphatic carbocycles. The van der Waals surface area contributed by atoms with E-state index < -0.39 is 21.8 Å². The smallest absolute Gasteiger partial charge is 0.338 e. The highest BCUT2D eigenvalue weighted by Crippen LogP contribution is 2.29. The summed E-state index contributed by atoms with van der Waals surface area (Å²) in [6.07, 6.45) is -4.32. The van der Waals surface area contributed by atoms with E-state index in [-0.39, 0.29) is 37.1 Å². The summed E-state index contributed by atoms with van der Waals surface area (Å²) in [6, 6.07) is 4.53. The molecule has 2 rings (SSSR count). The van der Waals surface area contributed by atoms with Crippen molar-refractivity contribution >= 4 is 15.9 Å². The summed E-state index contributed by atoms with van der Waals surface area (Å²) < 4.78 is 59.4. The number of nitrogens with zero attached hydrogens (tertiary/aromatic N) is 1. The molecule has 0 radical (unpaired) electrons. The summed E-state index contributed by atoms with van der Waals surface area (Å²) in [5, 5.41) is 4.95. The Hall–Kier alpha value is -1.61. The van der Waals surface area contributed by atoms with E-state index in [1.165, 1.54) is 17.0 Å². The van der Waals surface area contributed by atoms with Crippen LogP contribution in [0.2, 0.25) is 0 Å². The van der Waals surface area contributed by atoms with Gasteiger partial charge in [0, 0.05) is 25.4 Å². The predicted octanol–water partition coefficient (Wildman–Crippen LogP) is 1.34. The number of likely N-dealkylation sites (tertiary alicyclic amines) is 1. The molecule has 1 atom stereocenters. The summed E-state index contributed by atoms with van der Waals surface area (Å²) in [5.41, 5.74) is -0.200. The Kier molecular flexibility index (Phi) is 4.48. The molecule has 1 unspecified atom stereocenters. The van der Waals surface area contributed by atoms with E-state index in [9.17, 15) is 26.4 Å². The van der Waals surface area contributed by atoms with E-state index in [2.05, 4.69) is 0 Å². The van der Waals surface area contributed by atoms with Gasteiger partial charge in [-0.3, -0.25) is 4.79 Å². The summed E-state index contributed by atoms with van der Waals surface area (Å²) in [4.78, 5) is 13.2. The molecular weight excluding hydrogens is 321 g/mol. The van der Waals surface area contributed by atoms with E-state index in [0.29, 0.717) is 5.56 Å². The molecule has 1 fully saturated rings. The Morgan fingerprint density at radius 2 is 1.82 bits per heavy atom. The van der Waals surface area contributed by atoms with Gasteiger partial charge >= 0.3 is 6.18 Å². The van der Waals surface area contributed by atoms with Crippen molar-refractivity contribution in [2.45, 2.75) is 19.1 Å². The maximum absolute atomic E-state index is 12.5. The van der Waals surface area contributed by atoms with E-state index in [1.807, 2.05) is 0 Å². The molecule has 0 saturated carbocycles. The topological polar surface area (TPSA) is 80.5 Å². The molecule has 1 aliphatic rings. The highest BCUT2D eigenvalue weighted by molar-refractivity contribution is 7.89. The first-order valence-corrected chi connectivity index (χ1v) is 8.20. The number of amides is 1. The number of sulfonamides is 1. The minimum atomic E-state index is -4.40. The van der Waals surface area contributed by atoms with E-state index >= 15 is 0 Å². The highest BCUT2D eigenvalue weighted by atomic mass is 32.2. The zero-order valence-electron chi connectivity index (χ0n) is 11.5. The van der Waals surface area contributed by atoms with Crippen LogP contribution in [0, 0.1) is 5.92 Å². The lowest BCUT2D eigenvalue weighted by Crippen LogP contribution is -2.27. The lowest BCUT2D eigenvalue weighted by Gasteiger charge is -2.17. The zero-order chi connectivity index (χ0) is 16.5. The highest BCUT2D eigenvalue weighted by Gasteiger charge is 2.32. The van der Waals surface area contributed by atoms with Crippen LogP contribution in [-0.4, -0.2) is 31.5 Å². The SMILES string of the molecule is NS(=O)(=O)CC1CC(=O)N(Cc2ccc(C(F)(F)F)cc2)C1. The molecule has 22 heavy (non-hydrogen) atoms. The molecule has 1 saturated heterocycles. The molecule has 122 valence electrons. The van der Waals surface area contributed by atoms with Gasteiger partial charge < -0.3 is 4.90 Å². The van der Waals surface area contributed by atoms with E-state index in [4.69, 9.17) is 5.14 Å². The van der Waals surface area contributed by atoms with Crippen LogP contribution in [0.15, 0.2) is 24.3 Å². The van der Waals surface area contributed by atoms with Gasteiger partial charge in [0.05, 0.1) is 11.3 Å². The lowest BCUT2D eigenvalue weighted by atomic mass is 10.1. The first kappa shape index (κ1) is 16.8. The third kappa shape index (κ3) is 4.44. The summed E-state index contributed by atoms with van der Waals surface area (Å²) in [6.45, 7) is 0.383. The van der Waals surface area contributed by atoms with Crippen LogP contribution < -0.4 is 5.14 Å². The summed E-state index contributed by atoms with van der Waals surface area (Å²) in [7, 11) is -3.65. The Morgan fingerprint density at radius 1 is 1.23 bits per heavy atom. The third-order valence-corrected chi connectivity index (χ3v) is 4.35. The van der Waals surface area contributed by atoms with Gasteiger partial charge in [0.15, 0.2) is 0 Å². The van der Waals surface area contributed by atoms with Crippen LogP contribution >= 0.6 is 0 Å². The quantitative estimate of drug-likeness (QED) is 0.901. The normalized spacial score (nSPS) is 19.7. The van der Waals surface area contributed by atoms with Crippen molar-refractivity contribution in [1.82, 2.24) is 4.90 Å². The largest absolute Gasteiger partial charge is 0.416 e. The van der Waals surface area contributed by atoms with E-state index in [0.717, 1.165) is 12.1 Å². The molecule has 0 aromatic heterocycles. The fourth-order valence-electron chi connectivity index (χ4n) is 2.47. The van der Waals surface area contributed by atoms with Crippen molar-refractivity contribution in [3.8, 4) is 0 Å². The molecule has 1 aliphatic heterocycles. The Labute approximate surface area is 125 Å². The van der Waals surface area contributed by atoms with Crippen LogP contribution in [0.3, 0.4) is 0 Å². The maximum Gasteiger partial charge on any atom is 0.416 e. The molecule has 1 heterocycles. The average Bonchev–Trinajstić information content (AvgIpc) is 2.66. The second-order valence-electron chi connectivity index (χ2n) is 5.37. The van der Waals surface area contributed by atoms with E-state index in [1.54, 1.807) is 0 Å².